The number of fused-ring (bicyclic) bond motifs is 1. The maximum absolute atomic E-state index is 11.9. The molecule has 1 aromatic heterocycles. The average Bonchev–Trinajstić information content (AvgIpc) is 2.73. The maximum atomic E-state index is 11.9. The van der Waals surface area contributed by atoms with Crippen molar-refractivity contribution in [2.75, 3.05) is 5.32 Å². The summed E-state index contributed by atoms with van der Waals surface area (Å²) >= 11 is 5.72. The molecule has 1 amide bonds. The van der Waals surface area contributed by atoms with Gasteiger partial charge < -0.3 is 0 Å². The minimum absolute atomic E-state index is 0.0527. The third kappa shape index (κ3) is 1.67. The van der Waals surface area contributed by atoms with E-state index >= 15 is 0 Å². The van der Waals surface area contributed by atoms with E-state index in [1.54, 1.807) is 12.3 Å². The number of hydrogen-bond donors (Lipinski definition) is 1. The number of hydrogen-bond acceptors (Lipinski definition) is 3. The van der Waals surface area contributed by atoms with E-state index in [2.05, 4.69) is 15.3 Å². The van der Waals surface area contributed by atoms with Crippen molar-refractivity contribution in [3.8, 4) is 0 Å². The van der Waals surface area contributed by atoms with Gasteiger partial charge in [-0.15, -0.1) is 0 Å². The molecule has 2 aliphatic rings. The Kier molecular flexibility index (Phi) is 2.32. The van der Waals surface area contributed by atoms with Gasteiger partial charge in [0.05, 0.1) is 0 Å². The SMILES string of the molecule is O=C(Nc1nccc(Cl)n1)C1C2CCCC21. The quantitative estimate of drug-likeness (QED) is 0.802. The molecule has 0 aromatic carbocycles. The van der Waals surface area contributed by atoms with E-state index in [0.717, 1.165) is 0 Å². The van der Waals surface area contributed by atoms with E-state index in [0.29, 0.717) is 22.9 Å². The van der Waals surface area contributed by atoms with Crippen molar-refractivity contribution in [1.82, 2.24) is 9.97 Å². The van der Waals surface area contributed by atoms with E-state index in [1.165, 1.54) is 19.3 Å². The standard InChI is InChI=1S/C11H12ClN3O/c12-8-4-5-13-11(14-8)15-10(16)9-6-2-1-3-7(6)9/h4-7,9H,1-3H2,(H,13,14,15,16). The Hall–Kier alpha value is -1.16. The first-order valence-corrected chi connectivity index (χ1v) is 5.93. The second-order valence-corrected chi connectivity index (χ2v) is 4.86. The monoisotopic (exact) mass is 237 g/mol. The number of carbonyl (C=O) groups excluding carboxylic acids is 1. The molecule has 5 heteroatoms. The second kappa shape index (κ2) is 3.70. The van der Waals surface area contributed by atoms with Crippen LogP contribution >= 0.6 is 11.6 Å². The zero-order valence-electron chi connectivity index (χ0n) is 8.69. The molecule has 0 saturated heterocycles. The molecule has 1 heterocycles. The molecule has 0 aliphatic heterocycles. The smallest absolute Gasteiger partial charge is 0.230 e. The molecule has 2 unspecified atom stereocenters. The molecule has 4 nitrogen and oxygen atoms in total. The predicted molar refractivity (Wildman–Crippen MR) is 60.0 cm³/mol. The van der Waals surface area contributed by atoms with E-state index < -0.39 is 0 Å². The molecule has 0 radical (unpaired) electrons. The highest BCUT2D eigenvalue weighted by atomic mass is 35.5. The van der Waals surface area contributed by atoms with Crippen LogP contribution < -0.4 is 5.32 Å². The Balaban J connectivity index is 1.65. The van der Waals surface area contributed by atoms with Gasteiger partial charge in [0.2, 0.25) is 11.9 Å². The molecule has 2 aliphatic carbocycles. The summed E-state index contributed by atoms with van der Waals surface area (Å²) in [6, 6.07) is 1.59. The van der Waals surface area contributed by atoms with Gasteiger partial charge in [0.25, 0.3) is 0 Å². The fraction of sp³-hybridized carbons (Fsp3) is 0.545. The number of nitrogens with zero attached hydrogens (tertiary/aromatic N) is 2. The summed E-state index contributed by atoms with van der Waals surface area (Å²) in [5.74, 6) is 1.77. The second-order valence-electron chi connectivity index (χ2n) is 4.48. The van der Waals surface area contributed by atoms with Crippen LogP contribution in [0.3, 0.4) is 0 Å². The van der Waals surface area contributed by atoms with Crippen molar-refractivity contribution in [1.29, 1.82) is 0 Å². The third-order valence-corrected chi connectivity index (χ3v) is 3.78. The van der Waals surface area contributed by atoms with E-state index in [4.69, 9.17) is 11.6 Å². The Morgan fingerprint density at radius 1 is 1.44 bits per heavy atom. The zero-order valence-corrected chi connectivity index (χ0v) is 9.44. The molecule has 3 rings (SSSR count). The molecular formula is C11H12ClN3O. The molecule has 0 bridgehead atoms. The van der Waals surface area contributed by atoms with Crippen LogP contribution in [0.1, 0.15) is 19.3 Å². The lowest BCUT2D eigenvalue weighted by Crippen LogP contribution is -2.18. The predicted octanol–water partition coefficient (Wildman–Crippen LogP) is 2.11. The molecule has 84 valence electrons. The molecule has 2 atom stereocenters. The van der Waals surface area contributed by atoms with Crippen molar-refractivity contribution in [3.05, 3.63) is 17.4 Å². The van der Waals surface area contributed by atoms with Gasteiger partial charge in [0.1, 0.15) is 5.15 Å². The van der Waals surface area contributed by atoms with Crippen LogP contribution in [-0.4, -0.2) is 15.9 Å². The Bertz CT molecular complexity index is 427. The molecule has 0 spiro atoms. The van der Waals surface area contributed by atoms with Gasteiger partial charge in [0.15, 0.2) is 0 Å². The minimum Gasteiger partial charge on any atom is -0.294 e. The minimum atomic E-state index is 0.0527. The van der Waals surface area contributed by atoms with Crippen LogP contribution in [-0.2, 0) is 4.79 Å². The first kappa shape index (κ1) is 10.0. The first-order chi connectivity index (χ1) is 7.75. The number of aromatic nitrogens is 2. The van der Waals surface area contributed by atoms with Gasteiger partial charge in [-0.1, -0.05) is 18.0 Å². The zero-order chi connectivity index (χ0) is 11.1. The molecule has 1 aromatic rings. The highest BCUT2D eigenvalue weighted by Crippen LogP contribution is 2.57. The van der Waals surface area contributed by atoms with E-state index in [1.807, 2.05) is 0 Å². The number of anilines is 1. The molecule has 2 saturated carbocycles. The average molecular weight is 238 g/mol. The third-order valence-electron chi connectivity index (χ3n) is 3.57. The maximum Gasteiger partial charge on any atom is 0.230 e. The normalized spacial score (nSPS) is 30.9. The van der Waals surface area contributed by atoms with Crippen LogP contribution in [0.4, 0.5) is 5.95 Å². The summed E-state index contributed by atoms with van der Waals surface area (Å²) < 4.78 is 0. The molecule has 2 fully saturated rings. The summed E-state index contributed by atoms with van der Waals surface area (Å²) in [6.45, 7) is 0. The summed E-state index contributed by atoms with van der Waals surface area (Å²) in [6.07, 6.45) is 5.20. The van der Waals surface area contributed by atoms with Crippen molar-refractivity contribution >= 4 is 23.5 Å². The van der Waals surface area contributed by atoms with Gasteiger partial charge in [0, 0.05) is 12.1 Å². The Morgan fingerprint density at radius 2 is 2.19 bits per heavy atom. The van der Waals surface area contributed by atoms with Gasteiger partial charge in [-0.05, 0) is 30.7 Å². The highest BCUT2D eigenvalue weighted by molar-refractivity contribution is 6.29. The topological polar surface area (TPSA) is 54.9 Å². The van der Waals surface area contributed by atoms with Crippen LogP contribution in [0.15, 0.2) is 12.3 Å². The first-order valence-electron chi connectivity index (χ1n) is 5.55. The Morgan fingerprint density at radius 3 is 2.88 bits per heavy atom. The van der Waals surface area contributed by atoms with Crippen LogP contribution in [0.5, 0.6) is 0 Å². The van der Waals surface area contributed by atoms with Crippen molar-refractivity contribution < 1.29 is 4.79 Å². The van der Waals surface area contributed by atoms with Crippen LogP contribution in [0.2, 0.25) is 5.15 Å². The highest BCUT2D eigenvalue weighted by Gasteiger charge is 2.56. The lowest BCUT2D eigenvalue weighted by Gasteiger charge is -2.04. The summed E-state index contributed by atoms with van der Waals surface area (Å²) in [5, 5.41) is 3.08. The number of nitrogens with one attached hydrogen (secondary N) is 1. The van der Waals surface area contributed by atoms with Gasteiger partial charge in [-0.25, -0.2) is 9.97 Å². The van der Waals surface area contributed by atoms with Gasteiger partial charge in [-0.2, -0.15) is 0 Å². The number of carbonyl (C=O) groups is 1. The van der Waals surface area contributed by atoms with Gasteiger partial charge in [-0.3, -0.25) is 10.1 Å². The summed E-state index contributed by atoms with van der Waals surface area (Å²) in [7, 11) is 0. The summed E-state index contributed by atoms with van der Waals surface area (Å²) in [4.78, 5) is 19.8. The molecular weight excluding hydrogens is 226 g/mol. The van der Waals surface area contributed by atoms with Crippen molar-refractivity contribution in [2.24, 2.45) is 17.8 Å². The Labute approximate surface area is 98.4 Å². The van der Waals surface area contributed by atoms with E-state index in [9.17, 15) is 4.79 Å². The van der Waals surface area contributed by atoms with Gasteiger partial charge >= 0.3 is 0 Å². The van der Waals surface area contributed by atoms with Crippen LogP contribution in [0, 0.1) is 17.8 Å². The lowest BCUT2D eigenvalue weighted by molar-refractivity contribution is -0.118. The fourth-order valence-corrected chi connectivity index (χ4v) is 2.94. The lowest BCUT2D eigenvalue weighted by atomic mass is 10.1. The number of halogens is 1. The van der Waals surface area contributed by atoms with E-state index in [-0.39, 0.29) is 11.8 Å². The molecule has 1 N–H and O–H groups in total. The molecule has 16 heavy (non-hydrogen) atoms. The summed E-state index contributed by atoms with van der Waals surface area (Å²) in [5.41, 5.74) is 0. The fourth-order valence-electron chi connectivity index (χ4n) is 2.80. The largest absolute Gasteiger partial charge is 0.294 e. The number of rotatable bonds is 2. The number of amides is 1. The van der Waals surface area contributed by atoms with Crippen LogP contribution in [0.25, 0.3) is 0 Å². The van der Waals surface area contributed by atoms with Crippen molar-refractivity contribution in [2.45, 2.75) is 19.3 Å². The van der Waals surface area contributed by atoms with Crippen molar-refractivity contribution in [3.63, 3.8) is 0 Å².